The molecule has 0 bridgehead atoms. The van der Waals surface area contributed by atoms with Gasteiger partial charge in [0.1, 0.15) is 49.3 Å². The number of phosphoric ester groups is 1. The first kappa shape index (κ1) is 35.8. The molecule has 8 atom stereocenters. The smallest absolute Gasteiger partial charge is 0.463 e. The normalized spacial score (nSPS) is 28.1. The van der Waals surface area contributed by atoms with Gasteiger partial charge in [-0.25, -0.2) is 4.57 Å². The molecular formula is C26H47O12P. The molecule has 0 amide bonds. The zero-order chi connectivity index (χ0) is 29.3. The SMILES string of the molecule is CCCC/C=C\C/C=C\CCCCCCCC(=O)OC[C@@H](O)COP(=O)(O)OC1C(O)C(O)C(O)[C@@H](O)C1O. The van der Waals surface area contributed by atoms with Gasteiger partial charge in [0.05, 0.1) is 6.61 Å². The van der Waals surface area contributed by atoms with E-state index in [1.807, 2.05) is 0 Å². The maximum Gasteiger partial charge on any atom is 0.472 e. The number of allylic oxidation sites excluding steroid dienone is 4. The van der Waals surface area contributed by atoms with E-state index in [0.29, 0.717) is 6.42 Å². The molecule has 1 rings (SSSR count). The zero-order valence-electron chi connectivity index (χ0n) is 22.7. The highest BCUT2D eigenvalue weighted by atomic mass is 31.2. The third kappa shape index (κ3) is 14.9. The fourth-order valence-electron chi connectivity index (χ4n) is 3.89. The number of aliphatic hydroxyl groups is 6. The largest absolute Gasteiger partial charge is 0.472 e. The quantitative estimate of drug-likeness (QED) is 0.0474. The Balaban J connectivity index is 2.13. The average Bonchev–Trinajstić information content (AvgIpc) is 2.91. The van der Waals surface area contributed by atoms with Gasteiger partial charge in [0.15, 0.2) is 0 Å². The molecule has 0 aromatic heterocycles. The number of aliphatic hydroxyl groups excluding tert-OH is 6. The number of phosphoric acid groups is 1. The van der Waals surface area contributed by atoms with Crippen molar-refractivity contribution in [3.05, 3.63) is 24.3 Å². The molecule has 1 aliphatic rings. The molecule has 13 heteroatoms. The molecule has 12 nitrogen and oxygen atoms in total. The van der Waals surface area contributed by atoms with E-state index in [0.717, 1.165) is 44.9 Å². The van der Waals surface area contributed by atoms with Gasteiger partial charge < -0.3 is 40.3 Å². The Morgan fingerprint density at radius 1 is 0.795 bits per heavy atom. The van der Waals surface area contributed by atoms with Crippen molar-refractivity contribution >= 4 is 13.8 Å². The van der Waals surface area contributed by atoms with Crippen molar-refractivity contribution < 1.29 is 58.7 Å². The summed E-state index contributed by atoms with van der Waals surface area (Å²) in [5.41, 5.74) is 0. The molecule has 0 aromatic carbocycles. The summed E-state index contributed by atoms with van der Waals surface area (Å²) in [4.78, 5) is 21.6. The van der Waals surface area contributed by atoms with Gasteiger partial charge >= 0.3 is 13.8 Å². The molecule has 0 radical (unpaired) electrons. The van der Waals surface area contributed by atoms with Crippen LogP contribution >= 0.6 is 7.82 Å². The Kier molecular flexibility index (Phi) is 18.2. The highest BCUT2D eigenvalue weighted by Gasteiger charge is 2.51. The van der Waals surface area contributed by atoms with E-state index in [2.05, 4.69) is 40.3 Å². The molecule has 7 N–H and O–H groups in total. The lowest BCUT2D eigenvalue weighted by Gasteiger charge is -2.41. The zero-order valence-corrected chi connectivity index (χ0v) is 23.6. The summed E-state index contributed by atoms with van der Waals surface area (Å²) < 4.78 is 26.3. The van der Waals surface area contributed by atoms with Crippen molar-refractivity contribution in [1.82, 2.24) is 0 Å². The minimum absolute atomic E-state index is 0.174. The molecule has 1 saturated carbocycles. The van der Waals surface area contributed by atoms with Gasteiger partial charge in [-0.2, -0.15) is 0 Å². The van der Waals surface area contributed by atoms with Gasteiger partial charge in [0, 0.05) is 6.42 Å². The number of ether oxygens (including phenoxy) is 1. The number of carbonyl (C=O) groups is 1. The fraction of sp³-hybridized carbons (Fsp3) is 0.808. The molecule has 0 saturated heterocycles. The summed E-state index contributed by atoms with van der Waals surface area (Å²) in [5, 5.41) is 58.5. The van der Waals surface area contributed by atoms with Crippen LogP contribution in [0.15, 0.2) is 24.3 Å². The van der Waals surface area contributed by atoms with E-state index in [1.54, 1.807) is 0 Å². The lowest BCUT2D eigenvalue weighted by molar-refractivity contribution is -0.220. The van der Waals surface area contributed by atoms with E-state index in [-0.39, 0.29) is 6.42 Å². The summed E-state index contributed by atoms with van der Waals surface area (Å²) in [6, 6.07) is 0. The maximum atomic E-state index is 12.1. The molecule has 0 aromatic rings. The van der Waals surface area contributed by atoms with Gasteiger partial charge in [-0.15, -0.1) is 0 Å². The highest BCUT2D eigenvalue weighted by Crippen LogP contribution is 2.47. The van der Waals surface area contributed by atoms with Crippen LogP contribution in [0, 0.1) is 0 Å². The summed E-state index contributed by atoms with van der Waals surface area (Å²) >= 11 is 0. The second-order valence-electron chi connectivity index (χ2n) is 9.75. The van der Waals surface area contributed by atoms with Gasteiger partial charge in [-0.3, -0.25) is 13.8 Å². The molecule has 39 heavy (non-hydrogen) atoms. The topological polar surface area (TPSA) is 203 Å². The summed E-state index contributed by atoms with van der Waals surface area (Å²) in [6.07, 6.45) is 6.00. The van der Waals surface area contributed by atoms with Gasteiger partial charge in [-0.05, 0) is 32.1 Å². The van der Waals surface area contributed by atoms with Gasteiger partial charge in [0.25, 0.3) is 0 Å². The fourth-order valence-corrected chi connectivity index (χ4v) is 4.86. The minimum atomic E-state index is -4.99. The van der Waals surface area contributed by atoms with Crippen molar-refractivity contribution in [2.24, 2.45) is 0 Å². The molecule has 1 fully saturated rings. The van der Waals surface area contributed by atoms with Crippen LogP contribution in [0.3, 0.4) is 0 Å². The predicted molar refractivity (Wildman–Crippen MR) is 142 cm³/mol. The summed E-state index contributed by atoms with van der Waals surface area (Å²) in [5.74, 6) is -0.526. The number of esters is 1. The number of hydrogen-bond donors (Lipinski definition) is 7. The Hall–Kier alpha value is -1.18. The second-order valence-corrected chi connectivity index (χ2v) is 11.2. The summed E-state index contributed by atoms with van der Waals surface area (Å²) in [6.45, 7) is 0.912. The molecule has 0 spiro atoms. The Morgan fingerprint density at radius 2 is 1.33 bits per heavy atom. The molecule has 0 heterocycles. The van der Waals surface area contributed by atoms with Crippen molar-refractivity contribution in [3.63, 3.8) is 0 Å². The second kappa shape index (κ2) is 19.8. The van der Waals surface area contributed by atoms with Crippen LogP contribution in [-0.4, -0.2) is 97.4 Å². The first-order valence-electron chi connectivity index (χ1n) is 13.7. The van der Waals surface area contributed by atoms with E-state index in [1.165, 1.54) is 12.8 Å². The van der Waals surface area contributed by atoms with E-state index in [9.17, 15) is 44.9 Å². The lowest BCUT2D eigenvalue weighted by atomic mass is 9.85. The Morgan fingerprint density at radius 3 is 1.95 bits per heavy atom. The van der Waals surface area contributed by atoms with Crippen molar-refractivity contribution in [2.75, 3.05) is 13.2 Å². The van der Waals surface area contributed by atoms with Crippen molar-refractivity contribution in [2.45, 2.75) is 120 Å². The predicted octanol–water partition coefficient (Wildman–Crippen LogP) is 1.63. The highest BCUT2D eigenvalue weighted by molar-refractivity contribution is 7.47. The maximum absolute atomic E-state index is 12.1. The Bertz CT molecular complexity index is 760. The van der Waals surface area contributed by atoms with E-state index < -0.39 is 69.7 Å². The molecule has 228 valence electrons. The van der Waals surface area contributed by atoms with Crippen LogP contribution in [0.4, 0.5) is 0 Å². The molecular weight excluding hydrogens is 535 g/mol. The molecule has 1 aliphatic carbocycles. The number of hydrogen-bond acceptors (Lipinski definition) is 11. The van der Waals surface area contributed by atoms with E-state index >= 15 is 0 Å². The molecule has 0 aliphatic heterocycles. The van der Waals surface area contributed by atoms with Crippen molar-refractivity contribution in [3.8, 4) is 0 Å². The number of carbonyl (C=O) groups excluding carboxylic acids is 1. The van der Waals surface area contributed by atoms with Gasteiger partial charge in [0.2, 0.25) is 0 Å². The standard InChI is InChI=1S/C26H47O12P/c1-2-3-4-5-6-7-8-9-10-11-12-13-14-15-16-20(28)36-17-19(27)18-37-39(34,35)38-26-24(32)22(30)21(29)23(31)25(26)33/h5-6,8-9,19,21-27,29-33H,2-4,7,10-18H2,1H3,(H,34,35)/b6-5-,9-8-/t19-,21?,22-,23?,24?,25?,26?/m1/s1. The third-order valence-corrected chi connectivity index (χ3v) is 7.26. The monoisotopic (exact) mass is 582 g/mol. The first-order valence-corrected chi connectivity index (χ1v) is 15.2. The van der Waals surface area contributed by atoms with E-state index in [4.69, 9.17) is 4.74 Å². The van der Waals surface area contributed by atoms with Crippen LogP contribution in [0.5, 0.6) is 0 Å². The van der Waals surface area contributed by atoms with Crippen LogP contribution in [0.1, 0.15) is 77.6 Å². The number of rotatable bonds is 20. The van der Waals surface area contributed by atoms with Crippen molar-refractivity contribution in [1.29, 1.82) is 0 Å². The van der Waals surface area contributed by atoms with Crippen LogP contribution in [-0.2, 0) is 23.1 Å². The van der Waals surface area contributed by atoms with Crippen LogP contribution in [0.25, 0.3) is 0 Å². The Labute approximate surface area is 230 Å². The number of unbranched alkanes of at least 4 members (excludes halogenated alkanes) is 7. The summed E-state index contributed by atoms with van der Waals surface area (Å²) in [7, 11) is -4.99. The molecule has 6 unspecified atom stereocenters. The van der Waals surface area contributed by atoms with Gasteiger partial charge in [-0.1, -0.05) is 63.3 Å². The average molecular weight is 583 g/mol. The van der Waals surface area contributed by atoms with Crippen LogP contribution < -0.4 is 0 Å². The lowest BCUT2D eigenvalue weighted by Crippen LogP contribution is -2.64. The first-order chi connectivity index (χ1) is 18.5. The minimum Gasteiger partial charge on any atom is -0.463 e. The third-order valence-electron chi connectivity index (χ3n) is 6.28. The van der Waals surface area contributed by atoms with Crippen LogP contribution in [0.2, 0.25) is 0 Å².